The number of rotatable bonds is 6. The van der Waals surface area contributed by atoms with E-state index < -0.39 is 0 Å². The molecule has 2 unspecified atom stereocenters. The van der Waals surface area contributed by atoms with Gasteiger partial charge in [0.2, 0.25) is 0 Å². The summed E-state index contributed by atoms with van der Waals surface area (Å²) in [4.78, 5) is 4.46. The van der Waals surface area contributed by atoms with Gasteiger partial charge in [0, 0.05) is 31.0 Å². The predicted molar refractivity (Wildman–Crippen MR) is 73.5 cm³/mol. The highest BCUT2D eigenvalue weighted by Crippen LogP contribution is 2.18. The number of hydrogen-bond acceptors (Lipinski definition) is 3. The van der Waals surface area contributed by atoms with Gasteiger partial charge in [-0.1, -0.05) is 13.0 Å². The minimum atomic E-state index is 0.203. The fourth-order valence-corrected chi connectivity index (χ4v) is 2.43. The van der Waals surface area contributed by atoms with Gasteiger partial charge in [-0.25, -0.2) is 0 Å². The summed E-state index contributed by atoms with van der Waals surface area (Å²) in [7, 11) is 0. The molecular weight excluding hydrogens is 224 g/mol. The summed E-state index contributed by atoms with van der Waals surface area (Å²) in [6, 6.07) is 4.45. The van der Waals surface area contributed by atoms with E-state index in [-0.39, 0.29) is 6.04 Å². The molecule has 0 aliphatic carbocycles. The van der Waals surface area contributed by atoms with Crippen molar-refractivity contribution in [3.8, 4) is 0 Å². The van der Waals surface area contributed by atoms with Crippen molar-refractivity contribution in [3.05, 3.63) is 29.6 Å². The van der Waals surface area contributed by atoms with Crippen LogP contribution in [-0.4, -0.2) is 23.7 Å². The van der Waals surface area contributed by atoms with Crippen molar-refractivity contribution in [1.29, 1.82) is 0 Å². The van der Waals surface area contributed by atoms with Gasteiger partial charge in [-0.15, -0.1) is 0 Å². The van der Waals surface area contributed by atoms with Crippen LogP contribution in [0.3, 0.4) is 0 Å². The molecular formula is C15H24N2O. The van der Waals surface area contributed by atoms with Crippen molar-refractivity contribution in [1.82, 2.24) is 4.98 Å². The monoisotopic (exact) mass is 248 g/mol. The fraction of sp³-hybridized carbons (Fsp3) is 0.667. The number of ether oxygens (including phenoxy) is 1. The van der Waals surface area contributed by atoms with Gasteiger partial charge >= 0.3 is 0 Å². The number of aromatic nitrogens is 1. The predicted octanol–water partition coefficient (Wildman–Crippen LogP) is 2.47. The molecule has 1 aromatic rings. The molecule has 1 aromatic heterocycles. The third kappa shape index (κ3) is 4.07. The van der Waals surface area contributed by atoms with Crippen molar-refractivity contribution in [2.24, 2.45) is 5.73 Å². The highest BCUT2D eigenvalue weighted by Gasteiger charge is 2.16. The van der Waals surface area contributed by atoms with E-state index in [9.17, 15) is 0 Å². The molecule has 0 spiro atoms. The molecule has 0 amide bonds. The van der Waals surface area contributed by atoms with Crippen LogP contribution in [0.4, 0.5) is 0 Å². The van der Waals surface area contributed by atoms with Crippen molar-refractivity contribution in [2.75, 3.05) is 6.61 Å². The summed E-state index contributed by atoms with van der Waals surface area (Å²) in [6.07, 6.45) is 8.86. The lowest BCUT2D eigenvalue weighted by Crippen LogP contribution is -2.25. The normalized spacial score (nSPS) is 21.1. The van der Waals surface area contributed by atoms with Crippen LogP contribution in [0.15, 0.2) is 18.3 Å². The van der Waals surface area contributed by atoms with Crippen LogP contribution in [0, 0.1) is 0 Å². The second-order valence-corrected chi connectivity index (χ2v) is 5.19. The van der Waals surface area contributed by atoms with Crippen LogP contribution in [-0.2, 0) is 17.6 Å². The first-order valence-electron chi connectivity index (χ1n) is 7.09. The van der Waals surface area contributed by atoms with Crippen LogP contribution < -0.4 is 5.73 Å². The average molecular weight is 248 g/mol. The van der Waals surface area contributed by atoms with Gasteiger partial charge in [0.15, 0.2) is 0 Å². The van der Waals surface area contributed by atoms with E-state index in [2.05, 4.69) is 24.0 Å². The summed E-state index contributed by atoms with van der Waals surface area (Å²) >= 11 is 0. The molecule has 2 N–H and O–H groups in total. The number of nitrogens with zero attached hydrogens (tertiary/aromatic N) is 1. The van der Waals surface area contributed by atoms with E-state index in [1.165, 1.54) is 18.4 Å². The SMILES string of the molecule is CCc1ccc(CC(N)CCC2CCCO2)nc1. The Labute approximate surface area is 110 Å². The first-order valence-corrected chi connectivity index (χ1v) is 7.09. The molecule has 0 radical (unpaired) electrons. The zero-order valence-electron chi connectivity index (χ0n) is 11.3. The maximum Gasteiger partial charge on any atom is 0.0576 e. The Kier molecular flexibility index (Phi) is 5.14. The highest BCUT2D eigenvalue weighted by molar-refractivity contribution is 5.14. The number of hydrogen-bond donors (Lipinski definition) is 1. The molecule has 1 aliphatic heterocycles. The Bertz CT molecular complexity index is 344. The van der Waals surface area contributed by atoms with Gasteiger partial charge in [-0.3, -0.25) is 4.98 Å². The average Bonchev–Trinajstić information content (AvgIpc) is 2.90. The first kappa shape index (κ1) is 13.5. The summed E-state index contributed by atoms with van der Waals surface area (Å²) < 4.78 is 5.61. The quantitative estimate of drug-likeness (QED) is 0.841. The van der Waals surface area contributed by atoms with Crippen LogP contribution in [0.5, 0.6) is 0 Å². The summed E-state index contributed by atoms with van der Waals surface area (Å²) in [5.41, 5.74) is 8.55. The number of aryl methyl sites for hydroxylation is 1. The Morgan fingerprint density at radius 1 is 1.50 bits per heavy atom. The molecule has 2 atom stereocenters. The van der Waals surface area contributed by atoms with Gasteiger partial charge in [0.1, 0.15) is 0 Å². The minimum absolute atomic E-state index is 0.203. The smallest absolute Gasteiger partial charge is 0.0576 e. The van der Waals surface area contributed by atoms with E-state index in [0.717, 1.165) is 38.0 Å². The Hall–Kier alpha value is -0.930. The van der Waals surface area contributed by atoms with E-state index in [0.29, 0.717) is 6.10 Å². The maximum atomic E-state index is 6.16. The van der Waals surface area contributed by atoms with Crippen LogP contribution >= 0.6 is 0 Å². The summed E-state index contributed by atoms with van der Waals surface area (Å²) in [5.74, 6) is 0. The molecule has 3 nitrogen and oxygen atoms in total. The lowest BCUT2D eigenvalue weighted by atomic mass is 10.0. The molecule has 0 bridgehead atoms. The second-order valence-electron chi connectivity index (χ2n) is 5.19. The zero-order chi connectivity index (χ0) is 12.8. The van der Waals surface area contributed by atoms with Gasteiger partial charge < -0.3 is 10.5 Å². The van der Waals surface area contributed by atoms with Gasteiger partial charge in [-0.2, -0.15) is 0 Å². The summed E-state index contributed by atoms with van der Waals surface area (Å²) in [6.45, 7) is 3.07. The molecule has 1 saturated heterocycles. The Morgan fingerprint density at radius 3 is 3.00 bits per heavy atom. The molecule has 3 heteroatoms. The lowest BCUT2D eigenvalue weighted by molar-refractivity contribution is 0.101. The largest absolute Gasteiger partial charge is 0.378 e. The molecule has 1 aliphatic rings. The van der Waals surface area contributed by atoms with E-state index in [4.69, 9.17) is 10.5 Å². The van der Waals surface area contributed by atoms with Crippen LogP contribution in [0.2, 0.25) is 0 Å². The van der Waals surface area contributed by atoms with Gasteiger partial charge in [0.25, 0.3) is 0 Å². The van der Waals surface area contributed by atoms with Crippen molar-refractivity contribution in [3.63, 3.8) is 0 Å². The molecule has 0 saturated carbocycles. The van der Waals surface area contributed by atoms with Gasteiger partial charge in [-0.05, 0) is 43.7 Å². The van der Waals surface area contributed by atoms with E-state index in [1.54, 1.807) is 0 Å². The molecule has 2 rings (SSSR count). The van der Waals surface area contributed by atoms with Crippen LogP contribution in [0.25, 0.3) is 0 Å². The number of nitrogens with two attached hydrogens (primary N) is 1. The van der Waals surface area contributed by atoms with Gasteiger partial charge in [0.05, 0.1) is 6.10 Å². The summed E-state index contributed by atoms with van der Waals surface area (Å²) in [5, 5.41) is 0. The fourth-order valence-electron chi connectivity index (χ4n) is 2.43. The molecule has 18 heavy (non-hydrogen) atoms. The van der Waals surface area contributed by atoms with Crippen LogP contribution in [0.1, 0.15) is 43.9 Å². The molecule has 0 aromatic carbocycles. The third-order valence-electron chi connectivity index (χ3n) is 3.65. The van der Waals surface area contributed by atoms with E-state index >= 15 is 0 Å². The van der Waals surface area contributed by atoms with Crippen molar-refractivity contribution in [2.45, 2.75) is 57.6 Å². The lowest BCUT2D eigenvalue weighted by Gasteiger charge is -2.14. The molecule has 100 valence electrons. The molecule has 1 fully saturated rings. The topological polar surface area (TPSA) is 48.1 Å². The standard InChI is InChI=1S/C15H24N2O/c1-2-12-5-7-14(17-11-12)10-13(16)6-8-15-4-3-9-18-15/h5,7,11,13,15H,2-4,6,8-10,16H2,1H3. The Balaban J connectivity index is 1.73. The molecule has 2 heterocycles. The Morgan fingerprint density at radius 2 is 2.39 bits per heavy atom. The second kappa shape index (κ2) is 6.86. The van der Waals surface area contributed by atoms with E-state index in [1.807, 2.05) is 6.20 Å². The zero-order valence-corrected chi connectivity index (χ0v) is 11.3. The van der Waals surface area contributed by atoms with Crippen molar-refractivity contribution >= 4 is 0 Å². The maximum absolute atomic E-state index is 6.16. The highest BCUT2D eigenvalue weighted by atomic mass is 16.5. The number of pyridine rings is 1. The minimum Gasteiger partial charge on any atom is -0.378 e. The third-order valence-corrected chi connectivity index (χ3v) is 3.65. The first-order chi connectivity index (χ1) is 8.78. The van der Waals surface area contributed by atoms with Crippen molar-refractivity contribution < 1.29 is 4.74 Å².